The van der Waals surface area contributed by atoms with Gasteiger partial charge in [0.05, 0.1) is 25.0 Å². The van der Waals surface area contributed by atoms with E-state index in [0.29, 0.717) is 16.9 Å². The van der Waals surface area contributed by atoms with Crippen molar-refractivity contribution in [3.8, 4) is 5.75 Å². The smallest absolute Gasteiger partial charge is 0.330 e. The van der Waals surface area contributed by atoms with Gasteiger partial charge in [0.1, 0.15) is 11.5 Å². The number of nitrogens with one attached hydrogen (secondary N) is 2. The number of benzene rings is 2. The zero-order valence-electron chi connectivity index (χ0n) is 19.2. The fourth-order valence-corrected chi connectivity index (χ4v) is 3.66. The monoisotopic (exact) mass is 480 g/mol. The number of nitrogens with zero attached hydrogens (tertiary/aromatic N) is 4. The first kappa shape index (κ1) is 23.6. The van der Waals surface area contributed by atoms with E-state index in [9.17, 15) is 18.4 Å². The maximum absolute atomic E-state index is 15.0. The highest BCUT2D eigenvalue weighted by molar-refractivity contribution is 6.05. The molecule has 11 heteroatoms. The molecule has 0 unspecified atom stereocenters. The molecule has 1 aliphatic heterocycles. The number of urea groups is 1. The number of aromatic nitrogens is 2. The van der Waals surface area contributed by atoms with Crippen molar-refractivity contribution in [2.24, 2.45) is 0 Å². The van der Waals surface area contributed by atoms with Crippen LogP contribution in [0.3, 0.4) is 0 Å². The van der Waals surface area contributed by atoms with Gasteiger partial charge in [-0.15, -0.1) is 0 Å². The van der Waals surface area contributed by atoms with E-state index < -0.39 is 23.4 Å². The lowest BCUT2D eigenvalue weighted by Crippen LogP contribution is -2.46. The Balaban J connectivity index is 1.67. The summed E-state index contributed by atoms with van der Waals surface area (Å²) in [4.78, 5) is 35.7. The number of amides is 3. The minimum atomic E-state index is -0.974. The molecule has 0 saturated carbocycles. The molecule has 0 saturated heterocycles. The Morgan fingerprint density at radius 3 is 2.63 bits per heavy atom. The number of methoxy groups -OCH3 is 1. The van der Waals surface area contributed by atoms with Crippen LogP contribution in [0, 0.1) is 18.6 Å². The molecule has 180 valence electrons. The summed E-state index contributed by atoms with van der Waals surface area (Å²) in [5.74, 6) is -1.95. The second-order valence-electron chi connectivity index (χ2n) is 7.71. The van der Waals surface area contributed by atoms with Gasteiger partial charge in [-0.1, -0.05) is 18.7 Å². The predicted octanol–water partition coefficient (Wildman–Crippen LogP) is 4.52. The molecule has 9 nitrogen and oxygen atoms in total. The van der Waals surface area contributed by atoms with Crippen molar-refractivity contribution in [3.63, 3.8) is 0 Å². The summed E-state index contributed by atoms with van der Waals surface area (Å²) in [7, 11) is 2.72. The lowest BCUT2D eigenvalue weighted by atomic mass is 10.1. The average molecular weight is 480 g/mol. The van der Waals surface area contributed by atoms with Gasteiger partial charge in [-0.25, -0.2) is 18.6 Å². The van der Waals surface area contributed by atoms with E-state index in [4.69, 9.17) is 4.74 Å². The van der Waals surface area contributed by atoms with Crippen LogP contribution in [0.5, 0.6) is 5.75 Å². The van der Waals surface area contributed by atoms with Crippen LogP contribution in [0.15, 0.2) is 49.2 Å². The lowest BCUT2D eigenvalue weighted by Gasteiger charge is -2.34. The van der Waals surface area contributed by atoms with E-state index >= 15 is 0 Å². The third-order valence-electron chi connectivity index (χ3n) is 5.44. The van der Waals surface area contributed by atoms with Gasteiger partial charge >= 0.3 is 6.03 Å². The maximum atomic E-state index is 15.0. The van der Waals surface area contributed by atoms with Crippen molar-refractivity contribution in [1.82, 2.24) is 9.97 Å². The van der Waals surface area contributed by atoms with Gasteiger partial charge in [-0.2, -0.15) is 4.98 Å². The SMILES string of the molecule is C=CC(=O)Nc1ccccc1Nc1ncc2c(n1)N(C)C(=O)N(c1c(F)c(C)cc(OC)c1F)C2. The summed E-state index contributed by atoms with van der Waals surface area (Å²) in [6, 6.07) is 7.47. The van der Waals surface area contributed by atoms with E-state index in [1.807, 2.05) is 0 Å². The van der Waals surface area contributed by atoms with E-state index in [2.05, 4.69) is 27.2 Å². The molecule has 2 heterocycles. The highest BCUT2D eigenvalue weighted by Gasteiger charge is 2.35. The Labute approximate surface area is 200 Å². The number of rotatable bonds is 6. The van der Waals surface area contributed by atoms with Gasteiger partial charge in [0, 0.05) is 18.8 Å². The fraction of sp³-hybridized carbons (Fsp3) is 0.167. The number of hydrogen-bond acceptors (Lipinski definition) is 6. The number of anilines is 5. The Hall–Kier alpha value is -4.54. The number of ether oxygens (including phenoxy) is 1. The average Bonchev–Trinajstić information content (AvgIpc) is 2.85. The standard InChI is InChI=1S/C24H22F2N6O3/c1-5-18(33)28-15-8-6-7-9-16(15)29-23-27-11-14-12-32(24(34)31(3)22(14)30-23)21-19(25)13(2)10-17(35-4)20(21)26/h5-11H,1,12H2,2-4H3,(H,28,33)(H,27,29,30). The van der Waals surface area contributed by atoms with Crippen molar-refractivity contribution >= 4 is 40.8 Å². The second kappa shape index (κ2) is 9.37. The molecule has 0 fully saturated rings. The summed E-state index contributed by atoms with van der Waals surface area (Å²) in [5, 5.41) is 5.69. The number of carbonyl (C=O) groups is 2. The predicted molar refractivity (Wildman–Crippen MR) is 128 cm³/mol. The molecule has 1 aromatic heterocycles. The Bertz CT molecular complexity index is 1350. The lowest BCUT2D eigenvalue weighted by molar-refractivity contribution is -0.111. The highest BCUT2D eigenvalue weighted by Crippen LogP contribution is 2.37. The van der Waals surface area contributed by atoms with Crippen LogP contribution in [0.1, 0.15) is 11.1 Å². The second-order valence-corrected chi connectivity index (χ2v) is 7.71. The van der Waals surface area contributed by atoms with Gasteiger partial charge in [0.25, 0.3) is 0 Å². The van der Waals surface area contributed by atoms with Crippen LogP contribution in [0.25, 0.3) is 0 Å². The summed E-state index contributed by atoms with van der Waals surface area (Å²) in [6.45, 7) is 4.75. The largest absolute Gasteiger partial charge is 0.494 e. The fourth-order valence-electron chi connectivity index (χ4n) is 3.66. The van der Waals surface area contributed by atoms with Gasteiger partial charge in [0.2, 0.25) is 11.9 Å². The Morgan fingerprint density at radius 1 is 1.23 bits per heavy atom. The van der Waals surface area contributed by atoms with Crippen LogP contribution in [-0.2, 0) is 11.3 Å². The molecule has 0 aliphatic carbocycles. The first-order valence-electron chi connectivity index (χ1n) is 10.5. The summed E-state index contributed by atoms with van der Waals surface area (Å²) < 4.78 is 34.9. The zero-order valence-corrected chi connectivity index (χ0v) is 19.2. The number of carbonyl (C=O) groups excluding carboxylic acids is 2. The van der Waals surface area contributed by atoms with Crippen LogP contribution < -0.4 is 25.2 Å². The van der Waals surface area contributed by atoms with E-state index in [1.54, 1.807) is 24.3 Å². The normalized spacial score (nSPS) is 12.8. The molecular formula is C24H22F2N6O3. The molecule has 3 aromatic rings. The van der Waals surface area contributed by atoms with Gasteiger partial charge in [0.15, 0.2) is 17.4 Å². The molecule has 2 aromatic carbocycles. The maximum Gasteiger partial charge on any atom is 0.330 e. The first-order valence-corrected chi connectivity index (χ1v) is 10.5. The molecular weight excluding hydrogens is 458 g/mol. The first-order chi connectivity index (χ1) is 16.7. The minimum absolute atomic E-state index is 0.137. The number of halogens is 2. The van der Waals surface area contributed by atoms with Crippen LogP contribution in [0.4, 0.5) is 42.4 Å². The van der Waals surface area contributed by atoms with Crippen molar-refractivity contribution < 1.29 is 23.1 Å². The van der Waals surface area contributed by atoms with Crippen molar-refractivity contribution in [2.75, 3.05) is 34.6 Å². The summed E-state index contributed by atoms with van der Waals surface area (Å²) >= 11 is 0. The third kappa shape index (κ3) is 4.35. The summed E-state index contributed by atoms with van der Waals surface area (Å²) in [6.07, 6.45) is 2.61. The molecule has 0 radical (unpaired) electrons. The van der Waals surface area contributed by atoms with Gasteiger partial charge < -0.3 is 15.4 Å². The van der Waals surface area contributed by atoms with Crippen LogP contribution in [-0.4, -0.2) is 36.1 Å². The van der Waals surface area contributed by atoms with Gasteiger partial charge in [-0.05, 0) is 36.8 Å². The molecule has 1 aliphatic rings. The molecule has 0 atom stereocenters. The molecule has 3 amide bonds. The number of aryl methyl sites for hydroxylation is 1. The van der Waals surface area contributed by atoms with E-state index in [1.165, 1.54) is 38.2 Å². The third-order valence-corrected chi connectivity index (χ3v) is 5.44. The molecule has 4 rings (SSSR count). The number of para-hydroxylation sites is 2. The highest BCUT2D eigenvalue weighted by atomic mass is 19.1. The van der Waals surface area contributed by atoms with E-state index in [0.717, 1.165) is 11.0 Å². The van der Waals surface area contributed by atoms with Crippen LogP contribution >= 0.6 is 0 Å². The van der Waals surface area contributed by atoms with Crippen molar-refractivity contribution in [2.45, 2.75) is 13.5 Å². The van der Waals surface area contributed by atoms with Gasteiger partial charge in [-0.3, -0.25) is 14.6 Å². The molecule has 35 heavy (non-hydrogen) atoms. The van der Waals surface area contributed by atoms with E-state index in [-0.39, 0.29) is 35.5 Å². The van der Waals surface area contributed by atoms with Crippen molar-refractivity contribution in [1.29, 1.82) is 0 Å². The zero-order chi connectivity index (χ0) is 25.3. The topological polar surface area (TPSA) is 99.7 Å². The number of fused-ring (bicyclic) bond motifs is 1. The summed E-state index contributed by atoms with van der Waals surface area (Å²) in [5.41, 5.74) is 1.11. The molecule has 0 bridgehead atoms. The molecule has 2 N–H and O–H groups in total. The van der Waals surface area contributed by atoms with Crippen LogP contribution in [0.2, 0.25) is 0 Å². The Morgan fingerprint density at radius 2 is 1.94 bits per heavy atom. The molecule has 0 spiro atoms. The van der Waals surface area contributed by atoms with Crippen molar-refractivity contribution in [3.05, 3.63) is 71.9 Å². The quantitative estimate of drug-likeness (QED) is 0.504. The number of hydrogen-bond donors (Lipinski definition) is 2. The Kier molecular flexibility index (Phi) is 6.32. The minimum Gasteiger partial charge on any atom is -0.494 e.